The fraction of sp³-hybridized carbons (Fsp3) is 0.200. The van der Waals surface area contributed by atoms with E-state index in [1.54, 1.807) is 31.2 Å². The van der Waals surface area contributed by atoms with Crippen LogP contribution in [0.15, 0.2) is 47.4 Å². The SMILES string of the molecule is CC(=O)NS(=O)(=O)c1ccc(C(C)NC(=O)CC(=O)Nc2ccc(C(=N)N)cc2)cc1Cl. The van der Waals surface area contributed by atoms with Gasteiger partial charge in [0.1, 0.15) is 17.2 Å². The number of amidine groups is 1. The molecule has 12 heteroatoms. The molecule has 0 saturated carbocycles. The molecule has 0 aliphatic carbocycles. The van der Waals surface area contributed by atoms with Gasteiger partial charge in [0, 0.05) is 18.2 Å². The quantitative estimate of drug-likeness (QED) is 0.219. The third-order valence-corrected chi connectivity index (χ3v) is 6.12. The lowest BCUT2D eigenvalue weighted by Crippen LogP contribution is -2.30. The van der Waals surface area contributed by atoms with Gasteiger partial charge in [-0.15, -0.1) is 0 Å². The Morgan fingerprint density at radius 2 is 1.72 bits per heavy atom. The summed E-state index contributed by atoms with van der Waals surface area (Å²) in [6.45, 7) is 2.71. The van der Waals surface area contributed by atoms with Crippen LogP contribution in [0.2, 0.25) is 5.02 Å². The Morgan fingerprint density at radius 1 is 1.09 bits per heavy atom. The van der Waals surface area contributed by atoms with Crippen LogP contribution in [0.1, 0.15) is 37.4 Å². The van der Waals surface area contributed by atoms with Gasteiger partial charge in [-0.05, 0) is 48.9 Å². The smallest absolute Gasteiger partial charge is 0.265 e. The van der Waals surface area contributed by atoms with Crippen molar-refractivity contribution in [3.63, 3.8) is 0 Å². The lowest BCUT2D eigenvalue weighted by molar-refractivity contribution is -0.127. The lowest BCUT2D eigenvalue weighted by atomic mass is 10.1. The first-order valence-electron chi connectivity index (χ1n) is 9.25. The first-order valence-corrected chi connectivity index (χ1v) is 11.1. The highest BCUT2D eigenvalue weighted by Gasteiger charge is 2.21. The van der Waals surface area contributed by atoms with Crippen molar-refractivity contribution >= 4 is 50.9 Å². The van der Waals surface area contributed by atoms with Crippen LogP contribution in [0.5, 0.6) is 0 Å². The van der Waals surface area contributed by atoms with Crippen LogP contribution in [-0.2, 0) is 24.4 Å². The molecule has 0 bridgehead atoms. The summed E-state index contributed by atoms with van der Waals surface area (Å²) in [6.07, 6.45) is -0.443. The summed E-state index contributed by atoms with van der Waals surface area (Å²) in [7, 11) is -4.10. The molecule has 0 saturated heterocycles. The molecule has 170 valence electrons. The van der Waals surface area contributed by atoms with Gasteiger partial charge in [0.05, 0.1) is 11.1 Å². The first kappa shape index (κ1) is 24.8. The van der Waals surface area contributed by atoms with E-state index >= 15 is 0 Å². The van der Waals surface area contributed by atoms with Crippen LogP contribution < -0.4 is 21.1 Å². The fourth-order valence-corrected chi connectivity index (χ4v) is 4.25. The second-order valence-corrected chi connectivity index (χ2v) is 8.91. The number of halogens is 1. The van der Waals surface area contributed by atoms with Crippen LogP contribution >= 0.6 is 11.6 Å². The van der Waals surface area contributed by atoms with Gasteiger partial charge in [0.2, 0.25) is 17.7 Å². The topological polar surface area (TPSA) is 171 Å². The molecular weight excluding hydrogens is 458 g/mol. The Labute approximate surface area is 190 Å². The van der Waals surface area contributed by atoms with E-state index in [1.807, 2.05) is 4.72 Å². The molecule has 0 spiro atoms. The predicted octanol–water partition coefficient (Wildman–Crippen LogP) is 1.65. The molecule has 0 fully saturated rings. The van der Waals surface area contributed by atoms with E-state index in [-0.39, 0.29) is 15.8 Å². The average Bonchev–Trinajstić information content (AvgIpc) is 2.66. The predicted molar refractivity (Wildman–Crippen MR) is 120 cm³/mol. The van der Waals surface area contributed by atoms with Gasteiger partial charge in [-0.1, -0.05) is 17.7 Å². The Hall–Kier alpha value is -3.44. The van der Waals surface area contributed by atoms with E-state index in [0.717, 1.165) is 6.92 Å². The second kappa shape index (κ2) is 10.2. The van der Waals surface area contributed by atoms with Crippen molar-refractivity contribution < 1.29 is 22.8 Å². The Bertz CT molecular complexity index is 1170. The molecule has 0 aromatic heterocycles. The number of amides is 3. The Morgan fingerprint density at radius 3 is 2.25 bits per heavy atom. The minimum atomic E-state index is -4.10. The maximum atomic E-state index is 12.2. The molecule has 0 heterocycles. The van der Waals surface area contributed by atoms with Crippen molar-refractivity contribution in [2.24, 2.45) is 5.73 Å². The van der Waals surface area contributed by atoms with Gasteiger partial charge in [0.15, 0.2) is 0 Å². The summed E-state index contributed by atoms with van der Waals surface area (Å²) < 4.78 is 26.0. The van der Waals surface area contributed by atoms with Crippen LogP contribution in [-0.4, -0.2) is 32.0 Å². The molecule has 1 unspecified atom stereocenters. The molecular formula is C20H22ClN5O5S. The highest BCUT2D eigenvalue weighted by Crippen LogP contribution is 2.25. The standard InChI is InChI=1S/C20H22ClN5O5S/c1-11(14-5-8-17(16(21)9-14)32(30,31)26-12(2)27)24-18(28)10-19(29)25-15-6-3-13(4-7-15)20(22)23/h3-9,11H,10H2,1-2H3,(H3,22,23)(H,24,28)(H,25,29)(H,26,27). The zero-order valence-corrected chi connectivity index (χ0v) is 18.8. The van der Waals surface area contributed by atoms with Gasteiger partial charge in [-0.25, -0.2) is 13.1 Å². The van der Waals surface area contributed by atoms with Crippen molar-refractivity contribution in [3.8, 4) is 0 Å². The monoisotopic (exact) mass is 479 g/mol. The van der Waals surface area contributed by atoms with Crippen molar-refractivity contribution in [1.82, 2.24) is 10.0 Å². The minimum absolute atomic E-state index is 0.0999. The maximum absolute atomic E-state index is 12.2. The summed E-state index contributed by atoms with van der Waals surface area (Å²) in [4.78, 5) is 35.1. The zero-order valence-electron chi connectivity index (χ0n) is 17.2. The van der Waals surface area contributed by atoms with Crippen LogP contribution in [0.4, 0.5) is 5.69 Å². The number of sulfonamides is 1. The number of benzene rings is 2. The highest BCUT2D eigenvalue weighted by molar-refractivity contribution is 7.90. The van der Waals surface area contributed by atoms with E-state index in [9.17, 15) is 22.8 Å². The largest absolute Gasteiger partial charge is 0.384 e. The normalized spacial score (nSPS) is 11.8. The van der Waals surface area contributed by atoms with Gasteiger partial charge in [0.25, 0.3) is 10.0 Å². The molecule has 32 heavy (non-hydrogen) atoms. The van der Waals surface area contributed by atoms with E-state index in [0.29, 0.717) is 16.8 Å². The summed E-state index contributed by atoms with van der Waals surface area (Å²) >= 11 is 6.05. The van der Waals surface area contributed by atoms with E-state index in [4.69, 9.17) is 22.7 Å². The van der Waals surface area contributed by atoms with Crippen molar-refractivity contribution in [2.75, 3.05) is 5.32 Å². The zero-order chi connectivity index (χ0) is 24.1. The number of nitrogens with two attached hydrogens (primary N) is 1. The summed E-state index contributed by atoms with van der Waals surface area (Å²) in [5.74, 6) is -1.95. The number of nitrogen functional groups attached to an aromatic ring is 1. The fourth-order valence-electron chi connectivity index (χ4n) is 2.71. The van der Waals surface area contributed by atoms with E-state index < -0.39 is 40.2 Å². The number of carbonyl (C=O) groups is 3. The molecule has 0 radical (unpaired) electrons. The lowest BCUT2D eigenvalue weighted by Gasteiger charge is -2.16. The number of hydrogen-bond donors (Lipinski definition) is 5. The second-order valence-electron chi connectivity index (χ2n) is 6.86. The van der Waals surface area contributed by atoms with Gasteiger partial charge in [-0.3, -0.25) is 19.8 Å². The molecule has 3 amide bonds. The van der Waals surface area contributed by atoms with Crippen LogP contribution in [0.3, 0.4) is 0 Å². The summed E-state index contributed by atoms with van der Waals surface area (Å²) in [5, 5.41) is 12.4. The third-order valence-electron chi connectivity index (χ3n) is 4.20. The number of anilines is 1. The molecule has 0 aliphatic rings. The van der Waals surface area contributed by atoms with Crippen molar-refractivity contribution in [1.29, 1.82) is 5.41 Å². The Balaban J connectivity index is 1.98. The number of hydrogen-bond acceptors (Lipinski definition) is 6. The molecule has 2 aromatic rings. The number of nitrogens with one attached hydrogen (secondary N) is 4. The Kier molecular flexibility index (Phi) is 7.95. The van der Waals surface area contributed by atoms with Crippen LogP contribution in [0, 0.1) is 5.41 Å². The molecule has 1 atom stereocenters. The van der Waals surface area contributed by atoms with Crippen LogP contribution in [0.25, 0.3) is 0 Å². The summed E-state index contributed by atoms with van der Waals surface area (Å²) in [5.41, 5.74) is 6.83. The van der Waals surface area contributed by atoms with Crippen molar-refractivity contribution in [3.05, 3.63) is 58.6 Å². The maximum Gasteiger partial charge on any atom is 0.265 e. The van der Waals surface area contributed by atoms with Crippen molar-refractivity contribution in [2.45, 2.75) is 31.2 Å². The molecule has 0 aliphatic heterocycles. The van der Waals surface area contributed by atoms with Gasteiger partial charge < -0.3 is 16.4 Å². The summed E-state index contributed by atoms with van der Waals surface area (Å²) in [6, 6.07) is 9.73. The molecule has 2 rings (SSSR count). The number of carbonyl (C=O) groups excluding carboxylic acids is 3. The van der Waals surface area contributed by atoms with Gasteiger partial charge in [-0.2, -0.15) is 0 Å². The average molecular weight is 480 g/mol. The minimum Gasteiger partial charge on any atom is -0.384 e. The van der Waals surface area contributed by atoms with E-state index in [1.165, 1.54) is 18.2 Å². The van der Waals surface area contributed by atoms with E-state index in [2.05, 4.69) is 10.6 Å². The number of rotatable bonds is 8. The van der Waals surface area contributed by atoms with Gasteiger partial charge >= 0.3 is 0 Å². The highest BCUT2D eigenvalue weighted by atomic mass is 35.5. The molecule has 2 aromatic carbocycles. The molecule has 10 nitrogen and oxygen atoms in total. The molecule has 6 N–H and O–H groups in total. The third kappa shape index (κ3) is 6.79. The first-order chi connectivity index (χ1) is 14.9.